The first-order valence-corrected chi connectivity index (χ1v) is 19.2. The summed E-state index contributed by atoms with van der Waals surface area (Å²) in [4.78, 5) is 0. The van der Waals surface area contributed by atoms with Crippen molar-refractivity contribution in [2.24, 2.45) is 0 Å². The normalized spacial score (nSPS) is 26.4. The molecule has 4 saturated carbocycles. The number of allylic oxidation sites excluding steroid dienone is 8. The van der Waals surface area contributed by atoms with Crippen molar-refractivity contribution in [3.05, 3.63) is 47.8 Å². The molecule has 0 aromatic rings. The predicted octanol–water partition coefficient (Wildman–Crippen LogP) is 11.6. The Hall–Kier alpha value is 0.339. The maximum Gasteiger partial charge on any atom is 0.0161 e. The minimum Gasteiger partial charge on any atom is -0.0893 e. The average molecular weight is 581 g/mol. The molecule has 0 aliphatic heterocycles. The minimum absolute atomic E-state index is 0. The molecule has 0 bridgehead atoms. The van der Waals surface area contributed by atoms with Gasteiger partial charge in [-0.3, -0.25) is 0 Å². The van der Waals surface area contributed by atoms with E-state index in [9.17, 15) is 0 Å². The SMILES string of the molecule is C1=CC(P(C2CCCCC2)C2CCCCC2)C=C1.C1=CCC(P(C2CCCCC2)C2CCCCC2)=C1.[Fe]. The van der Waals surface area contributed by atoms with Crippen LogP contribution in [0.5, 0.6) is 0 Å². The fourth-order valence-corrected chi connectivity index (χ4v) is 16.3. The molecule has 0 amide bonds. The van der Waals surface area contributed by atoms with Crippen molar-refractivity contribution in [3.63, 3.8) is 0 Å². The van der Waals surface area contributed by atoms with Gasteiger partial charge in [0, 0.05) is 22.7 Å². The molecule has 3 heteroatoms. The summed E-state index contributed by atoms with van der Waals surface area (Å²) in [7, 11) is 0.429. The summed E-state index contributed by atoms with van der Waals surface area (Å²) in [6.07, 6.45) is 48.5. The van der Waals surface area contributed by atoms with Crippen molar-refractivity contribution in [2.45, 2.75) is 163 Å². The maximum atomic E-state index is 2.51. The predicted molar refractivity (Wildman–Crippen MR) is 165 cm³/mol. The van der Waals surface area contributed by atoms with E-state index in [1.165, 1.54) is 83.5 Å². The molecule has 0 unspecified atom stereocenters. The second kappa shape index (κ2) is 16.6. The zero-order chi connectivity index (χ0) is 24.4. The summed E-state index contributed by atoms with van der Waals surface area (Å²) in [5, 5.41) is 1.85. The van der Waals surface area contributed by atoms with Crippen molar-refractivity contribution in [2.75, 3.05) is 0 Å². The van der Waals surface area contributed by atoms with Gasteiger partial charge in [-0.05, 0) is 85.7 Å². The van der Waals surface area contributed by atoms with Gasteiger partial charge in [0.2, 0.25) is 0 Å². The third kappa shape index (κ3) is 8.66. The third-order valence-electron chi connectivity index (χ3n) is 10.1. The van der Waals surface area contributed by atoms with Crippen LogP contribution in [0.25, 0.3) is 0 Å². The van der Waals surface area contributed by atoms with E-state index in [2.05, 4.69) is 42.5 Å². The van der Waals surface area contributed by atoms with Gasteiger partial charge in [-0.15, -0.1) is 0 Å². The van der Waals surface area contributed by atoms with E-state index in [0.29, 0.717) is 0 Å². The molecule has 0 N–H and O–H groups in total. The molecule has 6 rings (SSSR count). The smallest absolute Gasteiger partial charge is 0.0161 e. The van der Waals surface area contributed by atoms with Crippen molar-refractivity contribution >= 4 is 15.8 Å². The van der Waals surface area contributed by atoms with Crippen molar-refractivity contribution in [3.8, 4) is 0 Å². The van der Waals surface area contributed by atoms with Gasteiger partial charge < -0.3 is 0 Å². The quantitative estimate of drug-likeness (QED) is 0.217. The molecular weight excluding hydrogens is 526 g/mol. The molecule has 0 atom stereocenters. The molecule has 4 fully saturated rings. The van der Waals surface area contributed by atoms with E-state index in [-0.39, 0.29) is 32.9 Å². The second-order valence-corrected chi connectivity index (χ2v) is 18.4. The Balaban J connectivity index is 0.000000168. The van der Waals surface area contributed by atoms with Crippen molar-refractivity contribution < 1.29 is 17.1 Å². The first kappa shape index (κ1) is 30.3. The van der Waals surface area contributed by atoms with Crippen LogP contribution in [-0.2, 0) is 17.1 Å². The number of rotatable bonds is 6. The summed E-state index contributed by atoms with van der Waals surface area (Å²) in [6, 6.07) is 0. The van der Waals surface area contributed by atoms with Crippen LogP contribution in [0.4, 0.5) is 0 Å². The zero-order valence-corrected chi connectivity index (χ0v) is 26.4. The standard InChI is InChI=1S/2C17H27P.Fe/c2*1-3-9-15(10-4-1)18(17-13-7-8-14-17)16-11-5-2-6-12-16;/h7-8,13,15-16H,1-6,9-12,14H2;7-8,13-17H,1-6,9-12H2;. The van der Waals surface area contributed by atoms with E-state index in [0.717, 1.165) is 28.3 Å². The molecule has 6 aliphatic carbocycles. The molecule has 37 heavy (non-hydrogen) atoms. The van der Waals surface area contributed by atoms with E-state index in [1.54, 1.807) is 51.4 Å². The summed E-state index contributed by atoms with van der Waals surface area (Å²) in [5.74, 6) is 0. The fraction of sp³-hybridized carbons (Fsp3) is 0.765. The van der Waals surface area contributed by atoms with Gasteiger partial charge in [0.15, 0.2) is 0 Å². The average Bonchev–Trinajstić information content (AvgIpc) is 3.68. The van der Waals surface area contributed by atoms with Crippen molar-refractivity contribution in [1.82, 2.24) is 0 Å². The van der Waals surface area contributed by atoms with Crippen LogP contribution in [0.2, 0.25) is 0 Å². The second-order valence-electron chi connectivity index (χ2n) is 12.6. The summed E-state index contributed by atoms with van der Waals surface area (Å²) in [6.45, 7) is 0. The Morgan fingerprint density at radius 3 is 1.27 bits per heavy atom. The largest absolute Gasteiger partial charge is 0.0893 e. The van der Waals surface area contributed by atoms with Gasteiger partial charge in [0.1, 0.15) is 0 Å². The molecule has 0 saturated heterocycles. The minimum atomic E-state index is 0. The maximum absolute atomic E-state index is 2.51. The Bertz CT molecular complexity index is 711. The summed E-state index contributed by atoms with van der Waals surface area (Å²) in [5.41, 5.74) is 5.20. The van der Waals surface area contributed by atoms with Gasteiger partial charge in [-0.2, -0.15) is 0 Å². The van der Waals surface area contributed by atoms with Gasteiger partial charge >= 0.3 is 0 Å². The van der Waals surface area contributed by atoms with Crippen molar-refractivity contribution in [1.29, 1.82) is 0 Å². The van der Waals surface area contributed by atoms with E-state index >= 15 is 0 Å². The number of hydrogen-bond donors (Lipinski definition) is 0. The molecule has 208 valence electrons. The van der Waals surface area contributed by atoms with E-state index in [4.69, 9.17) is 0 Å². The topological polar surface area (TPSA) is 0 Å². The molecule has 0 nitrogen and oxygen atoms in total. The first-order valence-electron chi connectivity index (χ1n) is 16.2. The molecule has 0 spiro atoms. The van der Waals surface area contributed by atoms with Crippen LogP contribution in [0, 0.1) is 0 Å². The first-order chi connectivity index (χ1) is 17.9. The van der Waals surface area contributed by atoms with Crippen LogP contribution in [-0.4, -0.2) is 28.3 Å². The van der Waals surface area contributed by atoms with Crippen LogP contribution < -0.4 is 0 Å². The Morgan fingerprint density at radius 1 is 0.486 bits per heavy atom. The van der Waals surface area contributed by atoms with Gasteiger partial charge in [-0.1, -0.05) is 135 Å². The Kier molecular flexibility index (Phi) is 13.6. The summed E-state index contributed by atoms with van der Waals surface area (Å²) >= 11 is 0. The zero-order valence-electron chi connectivity index (χ0n) is 23.5. The number of hydrogen-bond acceptors (Lipinski definition) is 0. The molecular formula is C34H54FeP2. The molecule has 0 aromatic carbocycles. The van der Waals surface area contributed by atoms with E-state index in [1.807, 2.05) is 5.31 Å². The monoisotopic (exact) mass is 580 g/mol. The van der Waals surface area contributed by atoms with E-state index < -0.39 is 0 Å². The Morgan fingerprint density at radius 2 is 0.892 bits per heavy atom. The molecule has 0 aromatic heterocycles. The Labute approximate surface area is 243 Å². The van der Waals surface area contributed by atoms with Crippen LogP contribution in [0.3, 0.4) is 0 Å². The fourth-order valence-electron chi connectivity index (χ4n) is 8.28. The molecule has 0 radical (unpaired) electrons. The third-order valence-corrected chi connectivity index (χ3v) is 17.4. The van der Waals surface area contributed by atoms with Crippen LogP contribution in [0.1, 0.15) is 135 Å². The molecule has 6 aliphatic rings. The van der Waals surface area contributed by atoms with Gasteiger partial charge in [0.05, 0.1) is 0 Å². The summed E-state index contributed by atoms with van der Waals surface area (Å²) < 4.78 is 0. The van der Waals surface area contributed by atoms with Crippen LogP contribution >= 0.6 is 15.8 Å². The van der Waals surface area contributed by atoms with Gasteiger partial charge in [0.25, 0.3) is 0 Å². The van der Waals surface area contributed by atoms with Crippen LogP contribution in [0.15, 0.2) is 47.8 Å². The van der Waals surface area contributed by atoms with Gasteiger partial charge in [-0.25, -0.2) is 0 Å². The molecule has 0 heterocycles.